The summed E-state index contributed by atoms with van der Waals surface area (Å²) in [5.74, 6) is 0.792. The van der Waals surface area contributed by atoms with Gasteiger partial charge in [-0.2, -0.15) is 0 Å². The first-order chi connectivity index (χ1) is 10.1. The zero-order valence-corrected chi connectivity index (χ0v) is 12.9. The third kappa shape index (κ3) is 4.26. The number of aryl methyl sites for hydroxylation is 1. The van der Waals surface area contributed by atoms with Crippen LogP contribution in [-0.4, -0.2) is 17.7 Å². The summed E-state index contributed by atoms with van der Waals surface area (Å²) in [6.45, 7) is 4.43. The minimum atomic E-state index is -0.879. The van der Waals surface area contributed by atoms with Gasteiger partial charge in [-0.15, -0.1) is 11.8 Å². The van der Waals surface area contributed by atoms with Crippen LogP contribution in [0.1, 0.15) is 28.4 Å². The van der Waals surface area contributed by atoms with E-state index < -0.39 is 5.97 Å². The molecule has 0 saturated heterocycles. The molecule has 0 unspecified atom stereocenters. The van der Waals surface area contributed by atoms with Crippen molar-refractivity contribution in [2.24, 2.45) is 0 Å². The van der Waals surface area contributed by atoms with Crippen molar-refractivity contribution in [3.8, 4) is 5.75 Å². The molecule has 2 rings (SSSR count). The predicted octanol–water partition coefficient (Wildman–Crippen LogP) is 4.38. The van der Waals surface area contributed by atoms with Crippen LogP contribution in [0.3, 0.4) is 0 Å². The van der Waals surface area contributed by atoms with Crippen molar-refractivity contribution < 1.29 is 14.6 Å². The maximum absolute atomic E-state index is 11.1. The van der Waals surface area contributed by atoms with Crippen LogP contribution in [0.15, 0.2) is 47.4 Å². The molecule has 2 aromatic rings. The first-order valence-corrected chi connectivity index (χ1v) is 7.77. The monoisotopic (exact) mass is 302 g/mol. The lowest BCUT2D eigenvalue weighted by Gasteiger charge is -2.07. The standard InChI is InChI=1S/C17H18O3S/c1-3-20-14-7-5-13(6-8-14)11-21-15-9-4-12(2)16(10-15)17(18)19/h4-10H,3,11H2,1-2H3,(H,18,19). The molecule has 2 aromatic carbocycles. The van der Waals surface area contributed by atoms with Gasteiger partial charge in [0.05, 0.1) is 12.2 Å². The second-order valence-corrected chi connectivity index (χ2v) is 5.70. The van der Waals surface area contributed by atoms with Gasteiger partial charge in [-0.25, -0.2) is 4.79 Å². The van der Waals surface area contributed by atoms with Gasteiger partial charge in [0.2, 0.25) is 0 Å². The van der Waals surface area contributed by atoms with Crippen molar-refractivity contribution in [3.05, 3.63) is 59.2 Å². The van der Waals surface area contributed by atoms with E-state index in [-0.39, 0.29) is 0 Å². The summed E-state index contributed by atoms with van der Waals surface area (Å²) in [5.41, 5.74) is 2.33. The number of aromatic carboxylic acids is 1. The van der Waals surface area contributed by atoms with E-state index in [1.165, 1.54) is 5.56 Å². The molecule has 0 aliphatic rings. The Labute approximate surface area is 129 Å². The SMILES string of the molecule is CCOc1ccc(CSc2ccc(C)c(C(=O)O)c2)cc1. The van der Waals surface area contributed by atoms with E-state index in [1.54, 1.807) is 17.8 Å². The second kappa shape index (κ2) is 7.18. The largest absolute Gasteiger partial charge is 0.494 e. The molecule has 0 heterocycles. The highest BCUT2D eigenvalue weighted by Gasteiger charge is 2.08. The molecule has 1 N–H and O–H groups in total. The van der Waals surface area contributed by atoms with Gasteiger partial charge in [0.1, 0.15) is 5.75 Å². The van der Waals surface area contributed by atoms with Gasteiger partial charge in [-0.05, 0) is 49.2 Å². The topological polar surface area (TPSA) is 46.5 Å². The first kappa shape index (κ1) is 15.4. The summed E-state index contributed by atoms with van der Waals surface area (Å²) in [7, 11) is 0. The van der Waals surface area contributed by atoms with Crippen LogP contribution in [0.25, 0.3) is 0 Å². The summed E-state index contributed by atoms with van der Waals surface area (Å²) in [5, 5.41) is 9.13. The van der Waals surface area contributed by atoms with Crippen LogP contribution in [0.4, 0.5) is 0 Å². The number of rotatable bonds is 6. The predicted molar refractivity (Wildman–Crippen MR) is 85.3 cm³/mol. The van der Waals surface area contributed by atoms with Crippen LogP contribution in [0.5, 0.6) is 5.75 Å². The fourth-order valence-electron chi connectivity index (χ4n) is 1.94. The number of thioether (sulfide) groups is 1. The van der Waals surface area contributed by atoms with E-state index in [2.05, 4.69) is 0 Å². The van der Waals surface area contributed by atoms with Crippen molar-refractivity contribution in [1.29, 1.82) is 0 Å². The van der Waals surface area contributed by atoms with Gasteiger partial charge < -0.3 is 9.84 Å². The molecule has 0 aromatic heterocycles. The molecule has 0 atom stereocenters. The number of carbonyl (C=O) groups is 1. The fourth-order valence-corrected chi connectivity index (χ4v) is 2.83. The highest BCUT2D eigenvalue weighted by molar-refractivity contribution is 7.98. The molecule has 0 aliphatic carbocycles. The summed E-state index contributed by atoms with van der Waals surface area (Å²) in [6, 6.07) is 13.5. The van der Waals surface area contributed by atoms with E-state index in [4.69, 9.17) is 9.84 Å². The maximum Gasteiger partial charge on any atom is 0.335 e. The van der Waals surface area contributed by atoms with E-state index in [0.717, 1.165) is 22.0 Å². The molecular weight excluding hydrogens is 284 g/mol. The normalized spacial score (nSPS) is 10.4. The number of carboxylic acid groups (broad SMARTS) is 1. The minimum absolute atomic E-state index is 0.367. The molecule has 0 amide bonds. The summed E-state index contributed by atoms with van der Waals surface area (Å²) >= 11 is 1.63. The average Bonchev–Trinajstić information content (AvgIpc) is 2.48. The Morgan fingerprint density at radius 1 is 1.19 bits per heavy atom. The minimum Gasteiger partial charge on any atom is -0.494 e. The van der Waals surface area contributed by atoms with E-state index in [1.807, 2.05) is 50.2 Å². The molecular formula is C17H18O3S. The molecule has 0 saturated carbocycles. The number of benzene rings is 2. The van der Waals surface area contributed by atoms with E-state index >= 15 is 0 Å². The highest BCUT2D eigenvalue weighted by atomic mass is 32.2. The molecule has 0 fully saturated rings. The Bertz CT molecular complexity index is 620. The van der Waals surface area contributed by atoms with Gasteiger partial charge >= 0.3 is 5.97 Å². The Morgan fingerprint density at radius 2 is 1.90 bits per heavy atom. The van der Waals surface area contributed by atoms with Crippen LogP contribution in [0, 0.1) is 6.92 Å². The number of hydrogen-bond donors (Lipinski definition) is 1. The van der Waals surface area contributed by atoms with E-state index in [9.17, 15) is 4.79 Å². The Kier molecular flexibility index (Phi) is 5.28. The average molecular weight is 302 g/mol. The first-order valence-electron chi connectivity index (χ1n) is 6.78. The van der Waals surface area contributed by atoms with Gasteiger partial charge in [0.15, 0.2) is 0 Å². The second-order valence-electron chi connectivity index (χ2n) is 4.65. The van der Waals surface area contributed by atoms with E-state index in [0.29, 0.717) is 12.2 Å². The van der Waals surface area contributed by atoms with Crippen LogP contribution < -0.4 is 4.74 Å². The van der Waals surface area contributed by atoms with Crippen LogP contribution in [-0.2, 0) is 5.75 Å². The summed E-state index contributed by atoms with van der Waals surface area (Å²) < 4.78 is 5.41. The molecule has 0 spiro atoms. The third-order valence-electron chi connectivity index (χ3n) is 3.08. The lowest BCUT2D eigenvalue weighted by atomic mass is 10.1. The number of carboxylic acids is 1. The molecule has 0 bridgehead atoms. The number of ether oxygens (including phenoxy) is 1. The number of hydrogen-bond acceptors (Lipinski definition) is 3. The fraction of sp³-hybridized carbons (Fsp3) is 0.235. The lowest BCUT2D eigenvalue weighted by molar-refractivity contribution is 0.0696. The van der Waals surface area contributed by atoms with Gasteiger partial charge in [0, 0.05) is 10.6 Å². The van der Waals surface area contributed by atoms with Crippen LogP contribution >= 0.6 is 11.8 Å². The molecule has 21 heavy (non-hydrogen) atoms. The van der Waals surface area contributed by atoms with Crippen molar-refractivity contribution in [1.82, 2.24) is 0 Å². The van der Waals surface area contributed by atoms with Crippen molar-refractivity contribution in [2.75, 3.05) is 6.61 Å². The zero-order chi connectivity index (χ0) is 15.2. The third-order valence-corrected chi connectivity index (χ3v) is 4.14. The van der Waals surface area contributed by atoms with Crippen molar-refractivity contribution in [3.63, 3.8) is 0 Å². The van der Waals surface area contributed by atoms with Crippen molar-refractivity contribution in [2.45, 2.75) is 24.5 Å². The summed E-state index contributed by atoms with van der Waals surface area (Å²) in [6.07, 6.45) is 0. The molecule has 3 nitrogen and oxygen atoms in total. The maximum atomic E-state index is 11.1. The Morgan fingerprint density at radius 3 is 2.52 bits per heavy atom. The summed E-state index contributed by atoms with van der Waals surface area (Å²) in [4.78, 5) is 12.1. The lowest BCUT2D eigenvalue weighted by Crippen LogP contribution is -1.99. The molecule has 110 valence electrons. The molecule has 0 radical (unpaired) electrons. The van der Waals surface area contributed by atoms with Crippen molar-refractivity contribution >= 4 is 17.7 Å². The van der Waals surface area contributed by atoms with Crippen LogP contribution in [0.2, 0.25) is 0 Å². The quantitative estimate of drug-likeness (QED) is 0.804. The molecule has 4 heteroatoms. The Hall–Kier alpha value is -1.94. The van der Waals surface area contributed by atoms with Gasteiger partial charge in [-0.3, -0.25) is 0 Å². The van der Waals surface area contributed by atoms with Gasteiger partial charge in [0.25, 0.3) is 0 Å². The van der Waals surface area contributed by atoms with Gasteiger partial charge in [-0.1, -0.05) is 18.2 Å². The highest BCUT2D eigenvalue weighted by Crippen LogP contribution is 2.26. The molecule has 0 aliphatic heterocycles. The zero-order valence-electron chi connectivity index (χ0n) is 12.1. The Balaban J connectivity index is 2.02. The smallest absolute Gasteiger partial charge is 0.335 e.